The average Bonchev–Trinajstić information content (AvgIpc) is 2.83. The third kappa shape index (κ3) is 6.98. The lowest BCUT2D eigenvalue weighted by Crippen LogP contribution is -2.37. The van der Waals surface area contributed by atoms with E-state index < -0.39 is 0 Å². The van der Waals surface area contributed by atoms with Crippen LogP contribution in [-0.4, -0.2) is 63.7 Å². The molecule has 1 aromatic carbocycles. The fourth-order valence-corrected chi connectivity index (χ4v) is 3.93. The Labute approximate surface area is 190 Å². The number of nitrogens with zero attached hydrogens (tertiary/aromatic N) is 4. The third-order valence-electron chi connectivity index (χ3n) is 5.66. The van der Waals surface area contributed by atoms with E-state index >= 15 is 0 Å². The van der Waals surface area contributed by atoms with Gasteiger partial charge in [0.05, 0.1) is 19.8 Å². The molecule has 0 unspecified atom stereocenters. The van der Waals surface area contributed by atoms with Crippen molar-refractivity contribution in [2.45, 2.75) is 32.4 Å². The number of azo groups is 1. The van der Waals surface area contributed by atoms with Crippen LogP contribution in [0.15, 0.2) is 46.6 Å². The number of hydrogen-bond donors (Lipinski definition) is 1. The summed E-state index contributed by atoms with van der Waals surface area (Å²) in [6, 6.07) is 12.8. The van der Waals surface area contributed by atoms with Gasteiger partial charge >= 0.3 is 0 Å². The molecule has 3 heterocycles. The predicted octanol–water partition coefficient (Wildman–Crippen LogP) is 3.66. The van der Waals surface area contributed by atoms with E-state index in [0.717, 1.165) is 70.2 Å². The molecular weight excluding hydrogens is 406 g/mol. The maximum atomic E-state index is 5.99. The molecule has 0 amide bonds. The Bertz CT molecular complexity index is 880. The number of pyridine rings is 1. The second-order valence-electron chi connectivity index (χ2n) is 8.20. The van der Waals surface area contributed by atoms with Crippen LogP contribution >= 0.6 is 0 Å². The Balaban J connectivity index is 1.39. The number of anilines is 1. The fourth-order valence-electron chi connectivity index (χ4n) is 3.93. The highest BCUT2D eigenvalue weighted by molar-refractivity contribution is 5.55. The normalized spacial score (nSPS) is 17.7. The Kier molecular flexibility index (Phi) is 8.42. The van der Waals surface area contributed by atoms with Crippen molar-refractivity contribution in [2.75, 3.05) is 57.6 Å². The van der Waals surface area contributed by atoms with Crippen LogP contribution in [0, 0.1) is 6.92 Å². The van der Waals surface area contributed by atoms with Crippen molar-refractivity contribution >= 4 is 11.5 Å². The summed E-state index contributed by atoms with van der Waals surface area (Å²) in [5.74, 6) is 1.14. The van der Waals surface area contributed by atoms with Gasteiger partial charge in [-0.05, 0) is 25.3 Å². The minimum absolute atomic E-state index is 0.506. The highest BCUT2D eigenvalue weighted by Crippen LogP contribution is 2.26. The van der Waals surface area contributed by atoms with Gasteiger partial charge in [0, 0.05) is 56.7 Å². The summed E-state index contributed by atoms with van der Waals surface area (Å²) in [6.07, 6.45) is 2.10. The lowest BCUT2D eigenvalue weighted by atomic mass is 10.1. The molecule has 2 aromatic rings. The van der Waals surface area contributed by atoms with Crippen molar-refractivity contribution in [1.82, 2.24) is 10.3 Å². The largest absolute Gasteiger partial charge is 0.476 e. The molecule has 2 saturated heterocycles. The number of benzene rings is 1. The quantitative estimate of drug-likeness (QED) is 0.474. The SMILES string of the molecule is Cc1cccc(CN=Nc2cc(N3CCOCC3)cc(OCCNC3CCOCC3)n2)c1. The molecule has 4 rings (SSSR count). The molecule has 1 aromatic heterocycles. The van der Waals surface area contributed by atoms with E-state index in [-0.39, 0.29) is 0 Å². The van der Waals surface area contributed by atoms with E-state index in [9.17, 15) is 0 Å². The zero-order valence-electron chi connectivity index (χ0n) is 18.8. The molecule has 172 valence electrons. The second-order valence-corrected chi connectivity index (χ2v) is 8.20. The van der Waals surface area contributed by atoms with Gasteiger partial charge in [-0.2, -0.15) is 10.1 Å². The van der Waals surface area contributed by atoms with Crippen LogP contribution in [0.4, 0.5) is 11.5 Å². The lowest BCUT2D eigenvalue weighted by molar-refractivity contribution is 0.0770. The summed E-state index contributed by atoms with van der Waals surface area (Å²) in [6.45, 7) is 8.72. The summed E-state index contributed by atoms with van der Waals surface area (Å²) in [5.41, 5.74) is 3.39. The molecule has 2 aliphatic rings. The van der Waals surface area contributed by atoms with E-state index in [1.807, 2.05) is 18.2 Å². The van der Waals surface area contributed by atoms with Crippen molar-refractivity contribution in [3.8, 4) is 5.88 Å². The number of hydrogen-bond acceptors (Lipinski definition) is 8. The van der Waals surface area contributed by atoms with E-state index in [1.165, 1.54) is 5.56 Å². The standard InChI is InChI=1S/C24H33N5O3/c1-19-3-2-4-20(15-19)18-26-28-23-16-22(29-8-13-31-14-9-29)17-24(27-23)32-12-7-25-21-5-10-30-11-6-21/h2-4,15-17,21,25H,5-14,18H2,1H3. The molecule has 0 bridgehead atoms. The van der Waals surface area contributed by atoms with Crippen LogP contribution in [0.25, 0.3) is 0 Å². The Morgan fingerprint density at radius 2 is 1.91 bits per heavy atom. The number of aromatic nitrogens is 1. The zero-order chi connectivity index (χ0) is 22.0. The number of rotatable bonds is 9. The third-order valence-corrected chi connectivity index (χ3v) is 5.66. The molecule has 8 nitrogen and oxygen atoms in total. The van der Waals surface area contributed by atoms with Crippen LogP contribution in [-0.2, 0) is 16.0 Å². The first-order valence-electron chi connectivity index (χ1n) is 11.5. The second kappa shape index (κ2) is 11.9. The van der Waals surface area contributed by atoms with Gasteiger partial charge in [0.1, 0.15) is 6.61 Å². The molecule has 1 N–H and O–H groups in total. The highest BCUT2D eigenvalue weighted by atomic mass is 16.5. The van der Waals surface area contributed by atoms with Gasteiger partial charge in [-0.15, -0.1) is 5.11 Å². The fraction of sp³-hybridized carbons (Fsp3) is 0.542. The summed E-state index contributed by atoms with van der Waals surface area (Å²) in [5, 5.41) is 12.3. The molecule has 0 aliphatic carbocycles. The summed E-state index contributed by atoms with van der Waals surface area (Å²) >= 11 is 0. The van der Waals surface area contributed by atoms with Gasteiger partial charge in [-0.25, -0.2) is 0 Å². The number of ether oxygens (including phenoxy) is 3. The first-order valence-corrected chi connectivity index (χ1v) is 11.5. The van der Waals surface area contributed by atoms with Gasteiger partial charge in [0.25, 0.3) is 0 Å². The zero-order valence-corrected chi connectivity index (χ0v) is 18.8. The van der Waals surface area contributed by atoms with Gasteiger partial charge < -0.3 is 24.4 Å². The molecule has 0 atom stereocenters. The van der Waals surface area contributed by atoms with Crippen LogP contribution in [0.1, 0.15) is 24.0 Å². The van der Waals surface area contributed by atoms with E-state index in [2.05, 4.69) is 50.6 Å². The molecule has 0 spiro atoms. The Morgan fingerprint density at radius 3 is 2.72 bits per heavy atom. The summed E-state index contributed by atoms with van der Waals surface area (Å²) in [4.78, 5) is 6.85. The topological polar surface area (TPSA) is 80.6 Å². The van der Waals surface area contributed by atoms with Crippen molar-refractivity contribution in [2.24, 2.45) is 10.2 Å². The molecule has 8 heteroatoms. The van der Waals surface area contributed by atoms with Crippen LogP contribution in [0.5, 0.6) is 5.88 Å². The first kappa shape index (κ1) is 22.6. The van der Waals surface area contributed by atoms with Gasteiger partial charge in [0.2, 0.25) is 5.88 Å². The highest BCUT2D eigenvalue weighted by Gasteiger charge is 2.15. The van der Waals surface area contributed by atoms with Gasteiger partial charge in [0.15, 0.2) is 5.82 Å². The van der Waals surface area contributed by atoms with E-state index in [0.29, 0.717) is 30.9 Å². The first-order chi connectivity index (χ1) is 15.8. The molecule has 32 heavy (non-hydrogen) atoms. The van der Waals surface area contributed by atoms with E-state index in [1.54, 1.807) is 0 Å². The van der Waals surface area contributed by atoms with Crippen molar-refractivity contribution in [3.63, 3.8) is 0 Å². The molecule has 0 saturated carbocycles. The molecular formula is C24H33N5O3. The number of aryl methyl sites for hydroxylation is 1. The minimum Gasteiger partial charge on any atom is -0.476 e. The van der Waals surface area contributed by atoms with Crippen LogP contribution < -0.4 is 15.0 Å². The average molecular weight is 440 g/mol. The monoisotopic (exact) mass is 439 g/mol. The number of nitrogens with one attached hydrogen (secondary N) is 1. The summed E-state index contributed by atoms with van der Waals surface area (Å²) < 4.78 is 16.9. The minimum atomic E-state index is 0.506. The van der Waals surface area contributed by atoms with E-state index in [4.69, 9.17) is 14.2 Å². The maximum Gasteiger partial charge on any atom is 0.217 e. The molecule has 2 aliphatic heterocycles. The van der Waals surface area contributed by atoms with Crippen molar-refractivity contribution < 1.29 is 14.2 Å². The van der Waals surface area contributed by atoms with Crippen LogP contribution in [0.2, 0.25) is 0 Å². The van der Waals surface area contributed by atoms with Crippen LogP contribution in [0.3, 0.4) is 0 Å². The smallest absolute Gasteiger partial charge is 0.217 e. The predicted molar refractivity (Wildman–Crippen MR) is 124 cm³/mol. The molecule has 2 fully saturated rings. The number of morpholine rings is 1. The maximum absolute atomic E-state index is 5.99. The molecule has 0 radical (unpaired) electrons. The lowest BCUT2D eigenvalue weighted by Gasteiger charge is -2.29. The van der Waals surface area contributed by atoms with Crippen molar-refractivity contribution in [3.05, 3.63) is 47.5 Å². The van der Waals surface area contributed by atoms with Gasteiger partial charge in [-0.1, -0.05) is 29.8 Å². The summed E-state index contributed by atoms with van der Waals surface area (Å²) in [7, 11) is 0. The van der Waals surface area contributed by atoms with Gasteiger partial charge in [-0.3, -0.25) is 0 Å². The Morgan fingerprint density at radius 1 is 1.09 bits per heavy atom. The Hall–Kier alpha value is -2.55. The van der Waals surface area contributed by atoms with Crippen molar-refractivity contribution in [1.29, 1.82) is 0 Å².